The van der Waals surface area contributed by atoms with Gasteiger partial charge in [0.2, 0.25) is 5.91 Å². The van der Waals surface area contributed by atoms with E-state index in [0.717, 1.165) is 37.0 Å². The first-order valence-corrected chi connectivity index (χ1v) is 9.47. The average Bonchev–Trinajstić information content (AvgIpc) is 2.95. The van der Waals surface area contributed by atoms with Crippen molar-refractivity contribution in [3.63, 3.8) is 0 Å². The minimum absolute atomic E-state index is 0.130. The number of unbranched alkanes of at least 4 members (excludes halogenated alkanes) is 1. The molecule has 3 heteroatoms. The summed E-state index contributed by atoms with van der Waals surface area (Å²) < 4.78 is 0. The summed E-state index contributed by atoms with van der Waals surface area (Å²) >= 11 is 0. The van der Waals surface area contributed by atoms with Crippen molar-refractivity contribution in [3.05, 3.63) is 71.3 Å². The van der Waals surface area contributed by atoms with Crippen LogP contribution < -0.4 is 0 Å². The molecular weight excluding hydrogens is 320 g/mol. The molecular formula is C23H28N2O. The number of nitrogens with zero attached hydrogens (tertiary/aromatic N) is 2. The standard InChI is InChI=1S/C23H28N2O/c1-18-10-9-14-20(16-18)21-17-23(2,3)25(24-21)22(26)15-8-7-13-19-11-5-4-6-12-19/h4-6,9-12,14,16H,7-8,13,15,17H2,1-3H3. The van der Waals surface area contributed by atoms with E-state index >= 15 is 0 Å². The zero-order chi connectivity index (χ0) is 18.6. The molecule has 1 aliphatic heterocycles. The van der Waals surface area contributed by atoms with Gasteiger partial charge >= 0.3 is 0 Å². The third kappa shape index (κ3) is 4.40. The molecule has 0 spiro atoms. The summed E-state index contributed by atoms with van der Waals surface area (Å²) in [6, 6.07) is 18.8. The lowest BCUT2D eigenvalue weighted by Gasteiger charge is -2.28. The van der Waals surface area contributed by atoms with Crippen LogP contribution in [0.25, 0.3) is 0 Å². The summed E-state index contributed by atoms with van der Waals surface area (Å²) in [5, 5.41) is 6.40. The first-order chi connectivity index (χ1) is 12.5. The molecule has 0 unspecified atom stereocenters. The van der Waals surface area contributed by atoms with E-state index < -0.39 is 0 Å². The molecule has 0 saturated heterocycles. The Morgan fingerprint density at radius 1 is 1.08 bits per heavy atom. The van der Waals surface area contributed by atoms with Gasteiger partial charge in [-0.2, -0.15) is 5.10 Å². The van der Waals surface area contributed by atoms with E-state index in [2.05, 4.69) is 68.3 Å². The maximum Gasteiger partial charge on any atom is 0.243 e. The lowest BCUT2D eigenvalue weighted by Crippen LogP contribution is -2.40. The van der Waals surface area contributed by atoms with Crippen LogP contribution in [0.2, 0.25) is 0 Å². The lowest BCUT2D eigenvalue weighted by molar-refractivity contribution is -0.135. The van der Waals surface area contributed by atoms with E-state index in [0.29, 0.717) is 6.42 Å². The van der Waals surface area contributed by atoms with Gasteiger partial charge in [-0.3, -0.25) is 4.79 Å². The molecule has 0 atom stereocenters. The van der Waals surface area contributed by atoms with Gasteiger partial charge in [-0.15, -0.1) is 0 Å². The van der Waals surface area contributed by atoms with Crippen molar-refractivity contribution >= 4 is 11.6 Å². The zero-order valence-corrected chi connectivity index (χ0v) is 16.0. The van der Waals surface area contributed by atoms with Crippen molar-refractivity contribution in [2.45, 2.75) is 58.4 Å². The van der Waals surface area contributed by atoms with Crippen LogP contribution in [-0.4, -0.2) is 22.2 Å². The number of hydrogen-bond acceptors (Lipinski definition) is 2. The number of hydrogen-bond donors (Lipinski definition) is 0. The molecule has 2 aromatic rings. The summed E-state index contributed by atoms with van der Waals surface area (Å²) in [7, 11) is 0. The highest BCUT2D eigenvalue weighted by Crippen LogP contribution is 2.30. The van der Waals surface area contributed by atoms with Crippen LogP contribution >= 0.6 is 0 Å². The molecule has 1 heterocycles. The molecule has 136 valence electrons. The van der Waals surface area contributed by atoms with Crippen LogP contribution in [0.4, 0.5) is 0 Å². The Morgan fingerprint density at radius 3 is 2.58 bits per heavy atom. The van der Waals surface area contributed by atoms with E-state index in [1.54, 1.807) is 5.01 Å². The van der Waals surface area contributed by atoms with E-state index in [1.165, 1.54) is 11.1 Å². The predicted octanol–water partition coefficient (Wildman–Crippen LogP) is 5.12. The van der Waals surface area contributed by atoms with Gasteiger partial charge in [0.05, 0.1) is 11.3 Å². The van der Waals surface area contributed by atoms with Crippen LogP contribution in [0.15, 0.2) is 59.7 Å². The molecule has 2 aromatic carbocycles. The highest BCUT2D eigenvalue weighted by atomic mass is 16.2. The summed E-state index contributed by atoms with van der Waals surface area (Å²) in [5.74, 6) is 0.130. The van der Waals surface area contributed by atoms with Crippen LogP contribution in [0.3, 0.4) is 0 Å². The van der Waals surface area contributed by atoms with Crippen molar-refractivity contribution in [2.24, 2.45) is 5.10 Å². The third-order valence-electron chi connectivity index (χ3n) is 4.93. The van der Waals surface area contributed by atoms with Crippen molar-refractivity contribution in [1.82, 2.24) is 5.01 Å². The number of hydrazone groups is 1. The molecule has 0 N–H and O–H groups in total. The Hall–Kier alpha value is -2.42. The fraction of sp³-hybridized carbons (Fsp3) is 0.391. The van der Waals surface area contributed by atoms with Gasteiger partial charge in [0.25, 0.3) is 0 Å². The van der Waals surface area contributed by atoms with Gasteiger partial charge in [-0.05, 0) is 51.2 Å². The fourth-order valence-corrected chi connectivity index (χ4v) is 3.51. The van der Waals surface area contributed by atoms with Gasteiger partial charge in [0.15, 0.2) is 0 Å². The maximum atomic E-state index is 12.7. The molecule has 0 saturated carbocycles. The predicted molar refractivity (Wildman–Crippen MR) is 107 cm³/mol. The molecule has 0 radical (unpaired) electrons. The molecule has 3 nitrogen and oxygen atoms in total. The number of amides is 1. The Balaban J connectivity index is 1.58. The van der Waals surface area contributed by atoms with E-state index in [4.69, 9.17) is 0 Å². The largest absolute Gasteiger partial charge is 0.273 e. The Bertz CT molecular complexity index is 793. The van der Waals surface area contributed by atoms with Crippen LogP contribution in [0.5, 0.6) is 0 Å². The number of aryl methyl sites for hydroxylation is 2. The summed E-state index contributed by atoms with van der Waals surface area (Å²) in [6.07, 6.45) is 4.30. The average molecular weight is 348 g/mol. The van der Waals surface area contributed by atoms with Gasteiger partial charge in [-0.1, -0.05) is 60.2 Å². The van der Waals surface area contributed by atoms with E-state index in [1.807, 2.05) is 12.1 Å². The van der Waals surface area contributed by atoms with E-state index in [9.17, 15) is 4.79 Å². The normalized spacial score (nSPS) is 15.8. The van der Waals surface area contributed by atoms with E-state index in [-0.39, 0.29) is 11.4 Å². The summed E-state index contributed by atoms with van der Waals surface area (Å²) in [6.45, 7) is 6.28. The first kappa shape index (κ1) is 18.4. The summed E-state index contributed by atoms with van der Waals surface area (Å²) in [4.78, 5) is 12.7. The van der Waals surface area contributed by atoms with Crippen LogP contribution in [0.1, 0.15) is 56.2 Å². The van der Waals surface area contributed by atoms with Crippen molar-refractivity contribution in [1.29, 1.82) is 0 Å². The SMILES string of the molecule is Cc1cccc(C2=NN(C(=O)CCCCc3ccccc3)C(C)(C)C2)c1. The number of benzene rings is 2. The van der Waals surface area contributed by atoms with Gasteiger partial charge in [-0.25, -0.2) is 5.01 Å². The Kier molecular flexibility index (Phi) is 5.55. The highest BCUT2D eigenvalue weighted by Gasteiger charge is 2.38. The second kappa shape index (κ2) is 7.86. The Labute approximate surface area is 156 Å². The quantitative estimate of drug-likeness (QED) is 0.667. The van der Waals surface area contributed by atoms with Gasteiger partial charge < -0.3 is 0 Å². The maximum absolute atomic E-state index is 12.7. The van der Waals surface area contributed by atoms with Crippen LogP contribution in [0, 0.1) is 6.92 Å². The molecule has 0 aliphatic carbocycles. The minimum Gasteiger partial charge on any atom is -0.273 e. The molecule has 1 amide bonds. The lowest BCUT2D eigenvalue weighted by atomic mass is 9.94. The van der Waals surface area contributed by atoms with Gasteiger partial charge in [0.1, 0.15) is 0 Å². The number of rotatable bonds is 6. The van der Waals surface area contributed by atoms with Crippen molar-refractivity contribution in [3.8, 4) is 0 Å². The number of carbonyl (C=O) groups is 1. The third-order valence-corrected chi connectivity index (χ3v) is 4.93. The second-order valence-corrected chi connectivity index (χ2v) is 7.80. The first-order valence-electron chi connectivity index (χ1n) is 9.47. The van der Waals surface area contributed by atoms with Crippen LogP contribution in [-0.2, 0) is 11.2 Å². The molecule has 26 heavy (non-hydrogen) atoms. The minimum atomic E-state index is -0.254. The van der Waals surface area contributed by atoms with Crippen molar-refractivity contribution < 1.29 is 4.79 Å². The zero-order valence-electron chi connectivity index (χ0n) is 16.0. The number of carbonyl (C=O) groups excluding carboxylic acids is 1. The monoisotopic (exact) mass is 348 g/mol. The second-order valence-electron chi connectivity index (χ2n) is 7.80. The Morgan fingerprint density at radius 2 is 1.85 bits per heavy atom. The molecule has 3 rings (SSSR count). The highest BCUT2D eigenvalue weighted by molar-refractivity contribution is 6.03. The molecule has 1 aliphatic rings. The molecule has 0 aromatic heterocycles. The van der Waals surface area contributed by atoms with Gasteiger partial charge in [0, 0.05) is 12.8 Å². The topological polar surface area (TPSA) is 32.7 Å². The fourth-order valence-electron chi connectivity index (χ4n) is 3.51. The van der Waals surface area contributed by atoms with Crippen molar-refractivity contribution in [2.75, 3.05) is 0 Å². The molecule has 0 bridgehead atoms. The smallest absolute Gasteiger partial charge is 0.243 e. The summed E-state index contributed by atoms with van der Waals surface area (Å²) in [5.41, 5.74) is 4.43. The molecule has 0 fully saturated rings.